The van der Waals surface area contributed by atoms with Crippen molar-refractivity contribution < 1.29 is 4.74 Å². The molecule has 0 radical (unpaired) electrons. The summed E-state index contributed by atoms with van der Waals surface area (Å²) in [6, 6.07) is 6.82. The third-order valence-corrected chi connectivity index (χ3v) is 7.01. The van der Waals surface area contributed by atoms with E-state index in [1.165, 1.54) is 31.3 Å². The lowest BCUT2D eigenvalue weighted by molar-refractivity contribution is 0.208. The maximum atomic E-state index is 5.34. The van der Waals surface area contributed by atoms with Gasteiger partial charge < -0.3 is 15.0 Å². The number of rotatable bonds is 7. The normalized spacial score (nSPS) is 25.8. The first-order valence-electron chi connectivity index (χ1n) is 11.0. The molecule has 1 heterocycles. The maximum absolute atomic E-state index is 5.34. The Kier molecular flexibility index (Phi) is 5.77. The minimum atomic E-state index is 0.579. The van der Waals surface area contributed by atoms with Gasteiger partial charge in [-0.3, -0.25) is 0 Å². The average molecular weight is 382 g/mol. The average Bonchev–Trinajstić information content (AvgIpc) is 3.03. The van der Waals surface area contributed by atoms with Crippen molar-refractivity contribution in [1.82, 2.24) is 15.3 Å². The summed E-state index contributed by atoms with van der Waals surface area (Å²) in [6.45, 7) is 8.24. The van der Waals surface area contributed by atoms with Gasteiger partial charge in [-0.2, -0.15) is 0 Å². The molecule has 1 aromatic carbocycles. The van der Waals surface area contributed by atoms with Crippen LogP contribution in [0.2, 0.25) is 0 Å². The molecule has 1 aromatic heterocycles. The first-order chi connectivity index (χ1) is 13.5. The summed E-state index contributed by atoms with van der Waals surface area (Å²) in [5.74, 6) is 4.66. The van der Waals surface area contributed by atoms with Crippen LogP contribution in [0.4, 0.5) is 0 Å². The number of imidazole rings is 1. The molecule has 0 aliphatic heterocycles. The van der Waals surface area contributed by atoms with Gasteiger partial charge in [-0.1, -0.05) is 31.9 Å². The highest BCUT2D eigenvalue weighted by Gasteiger charge is 2.32. The minimum absolute atomic E-state index is 0.579. The molecule has 0 saturated heterocycles. The topological polar surface area (TPSA) is 49.9 Å². The van der Waals surface area contributed by atoms with Crippen LogP contribution in [0, 0.1) is 23.7 Å². The van der Waals surface area contributed by atoms with E-state index in [4.69, 9.17) is 9.72 Å². The number of methoxy groups -OCH3 is 1. The van der Waals surface area contributed by atoms with Gasteiger partial charge in [-0.25, -0.2) is 4.98 Å². The predicted octanol–water partition coefficient (Wildman–Crippen LogP) is 5.11. The monoisotopic (exact) mass is 381 g/mol. The largest absolute Gasteiger partial charge is 0.497 e. The van der Waals surface area contributed by atoms with E-state index in [9.17, 15) is 0 Å². The standard InChI is InChI=1S/C24H35N3O/c1-15(2)21-11-17(16(3)10-18(21)14-25-19-6-5-7-19)12-24-26-22-9-8-20(28-4)13-23(22)27-24/h8-10,13,15,17-19,21,25H,5-7,11-12,14H2,1-4H3,(H,26,27)/t17-,18-,21-/m0/s1. The second kappa shape index (κ2) is 8.28. The Balaban J connectivity index is 1.48. The molecule has 1 saturated carbocycles. The number of benzene rings is 1. The van der Waals surface area contributed by atoms with Gasteiger partial charge in [0.25, 0.3) is 0 Å². The maximum Gasteiger partial charge on any atom is 0.121 e. The fourth-order valence-corrected chi connectivity index (χ4v) is 4.92. The van der Waals surface area contributed by atoms with Crippen LogP contribution >= 0.6 is 0 Å². The Morgan fingerprint density at radius 1 is 1.29 bits per heavy atom. The van der Waals surface area contributed by atoms with Gasteiger partial charge in [0.1, 0.15) is 11.6 Å². The van der Waals surface area contributed by atoms with E-state index in [1.807, 2.05) is 18.2 Å². The zero-order chi connectivity index (χ0) is 19.7. The number of aromatic amines is 1. The summed E-state index contributed by atoms with van der Waals surface area (Å²) >= 11 is 0. The van der Waals surface area contributed by atoms with Crippen LogP contribution in [-0.4, -0.2) is 29.7 Å². The Hall–Kier alpha value is -1.81. The van der Waals surface area contributed by atoms with Gasteiger partial charge >= 0.3 is 0 Å². The summed E-state index contributed by atoms with van der Waals surface area (Å²) < 4.78 is 5.34. The Labute approximate surface area is 169 Å². The fraction of sp³-hybridized carbons (Fsp3) is 0.625. The molecule has 0 unspecified atom stereocenters. The third kappa shape index (κ3) is 4.12. The summed E-state index contributed by atoms with van der Waals surface area (Å²) in [5, 5.41) is 3.81. The Bertz CT molecular complexity index is 833. The van der Waals surface area contributed by atoms with Crippen molar-refractivity contribution in [3.8, 4) is 5.75 Å². The van der Waals surface area contributed by atoms with Crippen molar-refractivity contribution in [3.63, 3.8) is 0 Å². The van der Waals surface area contributed by atoms with Gasteiger partial charge in [0, 0.05) is 25.1 Å². The molecule has 28 heavy (non-hydrogen) atoms. The highest BCUT2D eigenvalue weighted by molar-refractivity contribution is 5.76. The van der Waals surface area contributed by atoms with Crippen molar-refractivity contribution in [3.05, 3.63) is 35.7 Å². The quantitative estimate of drug-likeness (QED) is 0.655. The van der Waals surface area contributed by atoms with Gasteiger partial charge in [-0.15, -0.1) is 0 Å². The van der Waals surface area contributed by atoms with E-state index in [0.717, 1.165) is 47.5 Å². The van der Waals surface area contributed by atoms with Crippen LogP contribution in [-0.2, 0) is 6.42 Å². The molecule has 0 amide bonds. The van der Waals surface area contributed by atoms with E-state index in [-0.39, 0.29) is 0 Å². The molecule has 0 bridgehead atoms. The summed E-state index contributed by atoms with van der Waals surface area (Å²) in [5.41, 5.74) is 3.63. The van der Waals surface area contributed by atoms with Crippen LogP contribution in [0.25, 0.3) is 11.0 Å². The summed E-state index contributed by atoms with van der Waals surface area (Å²) in [7, 11) is 1.71. The zero-order valence-corrected chi connectivity index (χ0v) is 17.8. The van der Waals surface area contributed by atoms with Gasteiger partial charge in [0.05, 0.1) is 18.1 Å². The molecule has 4 rings (SSSR count). The molecular weight excluding hydrogens is 346 g/mol. The number of ether oxygens (including phenoxy) is 1. The number of hydrogen-bond acceptors (Lipinski definition) is 3. The molecule has 2 N–H and O–H groups in total. The van der Waals surface area contributed by atoms with E-state index in [0.29, 0.717) is 17.8 Å². The molecule has 2 aliphatic carbocycles. The Morgan fingerprint density at radius 2 is 2.11 bits per heavy atom. The smallest absolute Gasteiger partial charge is 0.121 e. The van der Waals surface area contributed by atoms with E-state index >= 15 is 0 Å². The highest BCUT2D eigenvalue weighted by atomic mass is 16.5. The minimum Gasteiger partial charge on any atom is -0.497 e. The Morgan fingerprint density at radius 3 is 2.79 bits per heavy atom. The van der Waals surface area contributed by atoms with Crippen molar-refractivity contribution in [2.75, 3.05) is 13.7 Å². The van der Waals surface area contributed by atoms with Gasteiger partial charge in [0.2, 0.25) is 0 Å². The molecule has 1 fully saturated rings. The number of nitrogens with zero attached hydrogens (tertiary/aromatic N) is 1. The zero-order valence-electron chi connectivity index (χ0n) is 17.8. The van der Waals surface area contributed by atoms with Gasteiger partial charge in [0.15, 0.2) is 0 Å². The van der Waals surface area contributed by atoms with Crippen LogP contribution in [0.1, 0.15) is 52.3 Å². The molecule has 152 valence electrons. The summed E-state index contributed by atoms with van der Waals surface area (Å²) in [6.07, 6.45) is 8.94. The van der Waals surface area contributed by atoms with Crippen LogP contribution in [0.3, 0.4) is 0 Å². The number of fused-ring (bicyclic) bond motifs is 1. The molecule has 2 aliphatic rings. The number of H-pyrrole nitrogens is 1. The van der Waals surface area contributed by atoms with E-state index in [1.54, 1.807) is 7.11 Å². The molecule has 3 atom stereocenters. The van der Waals surface area contributed by atoms with E-state index in [2.05, 4.69) is 37.1 Å². The van der Waals surface area contributed by atoms with Crippen LogP contribution in [0.15, 0.2) is 29.8 Å². The number of aromatic nitrogens is 2. The first kappa shape index (κ1) is 19.5. The van der Waals surface area contributed by atoms with Crippen LogP contribution in [0.5, 0.6) is 5.75 Å². The second-order valence-electron chi connectivity index (χ2n) is 9.22. The number of nitrogens with one attached hydrogen (secondary N) is 2. The second-order valence-corrected chi connectivity index (χ2v) is 9.22. The molecule has 0 spiro atoms. The molecular formula is C24H35N3O. The SMILES string of the molecule is COc1ccc2nc(C[C@@H]3C[C@@H](C(C)C)[C@H](CNC4CCC4)C=C3C)[nH]c2c1. The lowest BCUT2D eigenvalue weighted by Gasteiger charge is -2.38. The number of allylic oxidation sites excluding steroid dienone is 1. The molecule has 4 nitrogen and oxygen atoms in total. The molecule has 2 aromatic rings. The third-order valence-electron chi connectivity index (χ3n) is 7.01. The predicted molar refractivity (Wildman–Crippen MR) is 116 cm³/mol. The van der Waals surface area contributed by atoms with Crippen LogP contribution < -0.4 is 10.1 Å². The first-order valence-corrected chi connectivity index (χ1v) is 11.0. The lowest BCUT2D eigenvalue weighted by atomic mass is 9.69. The van der Waals surface area contributed by atoms with Gasteiger partial charge in [-0.05, 0) is 62.0 Å². The van der Waals surface area contributed by atoms with Crippen molar-refractivity contribution in [2.45, 2.75) is 58.9 Å². The highest BCUT2D eigenvalue weighted by Crippen LogP contribution is 2.39. The van der Waals surface area contributed by atoms with Crippen molar-refractivity contribution >= 4 is 11.0 Å². The van der Waals surface area contributed by atoms with Crippen molar-refractivity contribution in [1.29, 1.82) is 0 Å². The van der Waals surface area contributed by atoms with Crippen molar-refractivity contribution in [2.24, 2.45) is 23.7 Å². The lowest BCUT2D eigenvalue weighted by Crippen LogP contribution is -2.41. The number of hydrogen-bond donors (Lipinski definition) is 2. The summed E-state index contributed by atoms with van der Waals surface area (Å²) in [4.78, 5) is 8.35. The van der Waals surface area contributed by atoms with E-state index < -0.39 is 0 Å². The fourth-order valence-electron chi connectivity index (χ4n) is 4.92. The molecule has 4 heteroatoms.